The third-order valence-corrected chi connectivity index (χ3v) is 3.12. The number of nitriles is 1. The average Bonchev–Trinajstić information content (AvgIpc) is 2.38. The highest BCUT2D eigenvalue weighted by atomic mass is 79.9. The van der Waals surface area contributed by atoms with Crippen molar-refractivity contribution in [3.63, 3.8) is 0 Å². The largest absolute Gasteiger partial charge is 0.478 e. The van der Waals surface area contributed by atoms with Crippen molar-refractivity contribution in [2.75, 3.05) is 0 Å². The van der Waals surface area contributed by atoms with Crippen LogP contribution >= 0.6 is 15.9 Å². The molecule has 100 valence electrons. The molecular formula is C14H7BrFNO3. The van der Waals surface area contributed by atoms with E-state index in [1.807, 2.05) is 6.07 Å². The van der Waals surface area contributed by atoms with Gasteiger partial charge in [-0.05, 0) is 46.3 Å². The van der Waals surface area contributed by atoms with Crippen LogP contribution in [0.1, 0.15) is 15.9 Å². The fraction of sp³-hybridized carbons (Fsp3) is 0. The molecule has 2 aromatic carbocycles. The number of carboxylic acid groups (broad SMARTS) is 1. The number of hydrogen-bond donors (Lipinski definition) is 1. The highest BCUT2D eigenvalue weighted by molar-refractivity contribution is 9.10. The molecule has 0 saturated carbocycles. The Morgan fingerprint density at radius 2 is 2.05 bits per heavy atom. The Labute approximate surface area is 122 Å². The lowest BCUT2D eigenvalue weighted by Crippen LogP contribution is -2.00. The SMILES string of the molecule is N#Cc1ccc(Oc2cc(F)ccc2C(=O)O)cc1Br. The molecular weight excluding hydrogens is 329 g/mol. The Bertz CT molecular complexity index is 725. The maximum Gasteiger partial charge on any atom is 0.339 e. The van der Waals surface area contributed by atoms with E-state index < -0.39 is 11.8 Å². The van der Waals surface area contributed by atoms with Crippen molar-refractivity contribution in [3.8, 4) is 17.6 Å². The summed E-state index contributed by atoms with van der Waals surface area (Å²) in [7, 11) is 0. The number of hydrogen-bond acceptors (Lipinski definition) is 3. The quantitative estimate of drug-likeness (QED) is 0.921. The van der Waals surface area contributed by atoms with Gasteiger partial charge in [0, 0.05) is 10.5 Å². The third-order valence-electron chi connectivity index (χ3n) is 2.46. The van der Waals surface area contributed by atoms with Crippen molar-refractivity contribution in [2.45, 2.75) is 0 Å². The van der Waals surface area contributed by atoms with Gasteiger partial charge < -0.3 is 9.84 Å². The van der Waals surface area contributed by atoms with Gasteiger partial charge in [-0.2, -0.15) is 5.26 Å². The molecule has 0 fully saturated rings. The van der Waals surface area contributed by atoms with Crippen LogP contribution in [0.2, 0.25) is 0 Å². The molecule has 0 saturated heterocycles. The van der Waals surface area contributed by atoms with Crippen LogP contribution in [0.5, 0.6) is 11.5 Å². The van der Waals surface area contributed by atoms with E-state index in [0.29, 0.717) is 15.8 Å². The molecule has 0 bridgehead atoms. The maximum atomic E-state index is 13.2. The van der Waals surface area contributed by atoms with Crippen LogP contribution in [0.4, 0.5) is 4.39 Å². The summed E-state index contributed by atoms with van der Waals surface area (Å²) < 4.78 is 19.1. The number of nitrogens with zero attached hydrogens (tertiary/aromatic N) is 1. The number of halogens is 2. The molecule has 0 radical (unpaired) electrons. The highest BCUT2D eigenvalue weighted by Gasteiger charge is 2.13. The Balaban J connectivity index is 2.39. The molecule has 0 aliphatic carbocycles. The summed E-state index contributed by atoms with van der Waals surface area (Å²) in [6.07, 6.45) is 0. The number of aromatic carboxylic acids is 1. The standard InChI is InChI=1S/C14H7BrFNO3/c15-12-6-10(3-1-8(12)7-17)20-13-5-9(16)2-4-11(13)14(18)19/h1-6H,(H,18,19). The predicted molar refractivity (Wildman–Crippen MR) is 72.3 cm³/mol. The summed E-state index contributed by atoms with van der Waals surface area (Å²) in [5.41, 5.74) is 0.266. The zero-order valence-corrected chi connectivity index (χ0v) is 11.5. The van der Waals surface area contributed by atoms with E-state index >= 15 is 0 Å². The van der Waals surface area contributed by atoms with Crippen LogP contribution in [-0.2, 0) is 0 Å². The zero-order valence-electron chi connectivity index (χ0n) is 9.93. The number of rotatable bonds is 3. The molecule has 0 aromatic heterocycles. The van der Waals surface area contributed by atoms with E-state index in [1.54, 1.807) is 0 Å². The third kappa shape index (κ3) is 2.95. The molecule has 2 rings (SSSR count). The smallest absolute Gasteiger partial charge is 0.339 e. The lowest BCUT2D eigenvalue weighted by Gasteiger charge is -2.09. The zero-order chi connectivity index (χ0) is 14.7. The molecule has 4 nitrogen and oxygen atoms in total. The van der Waals surface area contributed by atoms with Crippen LogP contribution in [-0.4, -0.2) is 11.1 Å². The number of carboxylic acids is 1. The minimum Gasteiger partial charge on any atom is -0.478 e. The van der Waals surface area contributed by atoms with Crippen LogP contribution < -0.4 is 4.74 Å². The van der Waals surface area contributed by atoms with Crippen molar-refractivity contribution in [3.05, 3.63) is 57.8 Å². The summed E-state index contributed by atoms with van der Waals surface area (Å²) in [4.78, 5) is 11.0. The van der Waals surface area contributed by atoms with Crippen molar-refractivity contribution >= 4 is 21.9 Å². The van der Waals surface area contributed by atoms with E-state index in [4.69, 9.17) is 15.1 Å². The van der Waals surface area contributed by atoms with Gasteiger partial charge in [-0.1, -0.05) is 0 Å². The molecule has 1 N–H and O–H groups in total. The first-order chi connectivity index (χ1) is 9.51. The molecule has 0 spiro atoms. The van der Waals surface area contributed by atoms with Crippen molar-refractivity contribution in [1.29, 1.82) is 5.26 Å². The molecule has 6 heteroatoms. The summed E-state index contributed by atoms with van der Waals surface area (Å²) in [5, 5.41) is 17.8. The maximum absolute atomic E-state index is 13.2. The molecule has 0 heterocycles. The van der Waals surface area contributed by atoms with Gasteiger partial charge in [0.2, 0.25) is 0 Å². The molecule has 0 unspecified atom stereocenters. The first-order valence-electron chi connectivity index (χ1n) is 5.41. The molecule has 0 aliphatic heterocycles. The topological polar surface area (TPSA) is 70.3 Å². The van der Waals surface area contributed by atoms with E-state index in [0.717, 1.165) is 18.2 Å². The van der Waals surface area contributed by atoms with Crippen molar-refractivity contribution in [2.24, 2.45) is 0 Å². The minimum atomic E-state index is -1.22. The van der Waals surface area contributed by atoms with Crippen LogP contribution in [0.25, 0.3) is 0 Å². The van der Waals surface area contributed by atoms with Crippen LogP contribution in [0.3, 0.4) is 0 Å². The van der Waals surface area contributed by atoms with Gasteiger partial charge in [0.05, 0.1) is 5.56 Å². The van der Waals surface area contributed by atoms with Crippen molar-refractivity contribution in [1.82, 2.24) is 0 Å². The van der Waals surface area contributed by atoms with Gasteiger partial charge >= 0.3 is 5.97 Å². The average molecular weight is 336 g/mol. The summed E-state index contributed by atoms with van der Waals surface area (Å²) >= 11 is 3.19. The van der Waals surface area contributed by atoms with E-state index in [1.165, 1.54) is 18.2 Å². The van der Waals surface area contributed by atoms with E-state index in [2.05, 4.69) is 15.9 Å². The first-order valence-corrected chi connectivity index (χ1v) is 6.21. The lowest BCUT2D eigenvalue weighted by atomic mass is 10.2. The lowest BCUT2D eigenvalue weighted by molar-refractivity contribution is 0.0694. The van der Waals surface area contributed by atoms with Gasteiger partial charge in [0.1, 0.15) is 28.9 Å². The fourth-order valence-corrected chi connectivity index (χ4v) is 1.98. The molecule has 0 atom stereocenters. The Morgan fingerprint density at radius 3 is 2.65 bits per heavy atom. The molecule has 20 heavy (non-hydrogen) atoms. The summed E-state index contributed by atoms with van der Waals surface area (Å²) in [5.74, 6) is -1.62. The van der Waals surface area contributed by atoms with Crippen LogP contribution in [0.15, 0.2) is 40.9 Å². The normalized spacial score (nSPS) is 9.85. The Hall–Kier alpha value is -2.39. The molecule has 2 aromatic rings. The van der Waals surface area contributed by atoms with Gasteiger partial charge in [-0.25, -0.2) is 9.18 Å². The van der Waals surface area contributed by atoms with Gasteiger partial charge in [0.15, 0.2) is 0 Å². The second kappa shape index (κ2) is 5.72. The van der Waals surface area contributed by atoms with Gasteiger partial charge in [0.25, 0.3) is 0 Å². The number of carbonyl (C=O) groups is 1. The Kier molecular flexibility index (Phi) is 4.01. The predicted octanol–water partition coefficient (Wildman–Crippen LogP) is 3.95. The number of benzene rings is 2. The van der Waals surface area contributed by atoms with E-state index in [9.17, 15) is 9.18 Å². The first kappa shape index (κ1) is 14.0. The highest BCUT2D eigenvalue weighted by Crippen LogP contribution is 2.29. The fourth-order valence-electron chi connectivity index (χ4n) is 1.53. The molecule has 0 aliphatic rings. The monoisotopic (exact) mass is 335 g/mol. The number of ether oxygens (including phenoxy) is 1. The van der Waals surface area contributed by atoms with Gasteiger partial charge in [-0.15, -0.1) is 0 Å². The second-order valence-corrected chi connectivity index (χ2v) is 4.66. The summed E-state index contributed by atoms with van der Waals surface area (Å²) in [6, 6.07) is 9.66. The van der Waals surface area contributed by atoms with E-state index in [-0.39, 0.29) is 11.3 Å². The molecule has 0 amide bonds. The minimum absolute atomic E-state index is 0.103. The van der Waals surface area contributed by atoms with Crippen LogP contribution in [0, 0.1) is 17.1 Å². The van der Waals surface area contributed by atoms with Gasteiger partial charge in [-0.3, -0.25) is 0 Å². The Morgan fingerprint density at radius 1 is 1.30 bits per heavy atom. The second-order valence-electron chi connectivity index (χ2n) is 3.80. The van der Waals surface area contributed by atoms with Crippen molar-refractivity contribution < 1.29 is 19.0 Å². The summed E-state index contributed by atoms with van der Waals surface area (Å²) in [6.45, 7) is 0.